The lowest BCUT2D eigenvalue weighted by Crippen LogP contribution is -2.39. The van der Waals surface area contributed by atoms with Crippen LogP contribution in [0.15, 0.2) is 9.59 Å². The number of aromatic amines is 1. The number of morpholine rings is 1. The molecule has 1 saturated heterocycles. The number of aryl methyl sites for hydroxylation is 1. The lowest BCUT2D eigenvalue weighted by atomic mass is 10.4. The maximum Gasteiger partial charge on any atom is 0.332 e. The Morgan fingerprint density at radius 3 is 2.67 bits per heavy atom. The number of aromatic nitrogens is 4. The Kier molecular flexibility index (Phi) is 3.54. The molecular weight excluding hydrogens is 274 g/mol. The first kappa shape index (κ1) is 13.9. The van der Waals surface area contributed by atoms with Gasteiger partial charge in [-0.25, -0.2) is 4.79 Å². The van der Waals surface area contributed by atoms with Crippen molar-refractivity contribution in [3.05, 3.63) is 20.8 Å². The maximum absolute atomic E-state index is 12.4. The summed E-state index contributed by atoms with van der Waals surface area (Å²) < 4.78 is 7.99. The van der Waals surface area contributed by atoms with Crippen LogP contribution in [0.5, 0.6) is 0 Å². The van der Waals surface area contributed by atoms with Gasteiger partial charge in [0, 0.05) is 26.7 Å². The molecule has 3 heterocycles. The lowest BCUT2D eigenvalue weighted by Gasteiger charge is -2.25. The van der Waals surface area contributed by atoms with Crippen molar-refractivity contribution in [2.75, 3.05) is 31.2 Å². The molecule has 8 heteroatoms. The molecule has 8 nitrogen and oxygen atoms in total. The second-order valence-corrected chi connectivity index (χ2v) is 5.16. The zero-order chi connectivity index (χ0) is 15.0. The average Bonchev–Trinajstić information content (AvgIpc) is 2.96. The van der Waals surface area contributed by atoms with Crippen LogP contribution in [0.1, 0.15) is 13.3 Å². The molecule has 1 aliphatic heterocycles. The van der Waals surface area contributed by atoms with Crippen molar-refractivity contribution in [1.82, 2.24) is 19.1 Å². The predicted molar refractivity (Wildman–Crippen MR) is 78.9 cm³/mol. The van der Waals surface area contributed by atoms with Crippen LogP contribution >= 0.6 is 0 Å². The van der Waals surface area contributed by atoms with Crippen LogP contribution in [0.25, 0.3) is 11.2 Å². The van der Waals surface area contributed by atoms with Crippen molar-refractivity contribution in [2.45, 2.75) is 19.9 Å². The molecule has 3 rings (SSSR count). The largest absolute Gasteiger partial charge is 0.378 e. The van der Waals surface area contributed by atoms with Gasteiger partial charge < -0.3 is 14.6 Å². The summed E-state index contributed by atoms with van der Waals surface area (Å²) in [6.45, 7) is 5.05. The lowest BCUT2D eigenvalue weighted by molar-refractivity contribution is 0.122. The number of hydrogen-bond donors (Lipinski definition) is 1. The molecule has 0 saturated carbocycles. The van der Waals surface area contributed by atoms with E-state index in [0.717, 1.165) is 19.5 Å². The first-order chi connectivity index (χ1) is 10.1. The topological polar surface area (TPSA) is 85.2 Å². The number of fused-ring (bicyclic) bond motifs is 1. The minimum Gasteiger partial charge on any atom is -0.378 e. The molecular formula is C13H19N5O3. The minimum atomic E-state index is -0.325. The quantitative estimate of drug-likeness (QED) is 0.837. The van der Waals surface area contributed by atoms with Crippen molar-refractivity contribution in [3.63, 3.8) is 0 Å². The summed E-state index contributed by atoms with van der Waals surface area (Å²) in [4.78, 5) is 34.2. The zero-order valence-corrected chi connectivity index (χ0v) is 12.3. The highest BCUT2D eigenvalue weighted by atomic mass is 16.5. The smallest absolute Gasteiger partial charge is 0.332 e. The Balaban J connectivity index is 2.16. The maximum atomic E-state index is 12.4. The van der Waals surface area contributed by atoms with Gasteiger partial charge >= 0.3 is 5.69 Å². The van der Waals surface area contributed by atoms with Gasteiger partial charge in [-0.3, -0.25) is 13.9 Å². The van der Waals surface area contributed by atoms with Gasteiger partial charge in [-0.15, -0.1) is 0 Å². The van der Waals surface area contributed by atoms with Crippen LogP contribution < -0.4 is 16.1 Å². The van der Waals surface area contributed by atoms with Gasteiger partial charge in [0.25, 0.3) is 5.56 Å². The number of nitrogens with zero attached hydrogens (tertiary/aromatic N) is 4. The molecule has 21 heavy (non-hydrogen) atoms. The Morgan fingerprint density at radius 2 is 2.00 bits per heavy atom. The van der Waals surface area contributed by atoms with Crippen LogP contribution in [0.3, 0.4) is 0 Å². The number of imidazole rings is 1. The normalized spacial score (nSPS) is 15.8. The van der Waals surface area contributed by atoms with E-state index in [4.69, 9.17) is 4.74 Å². The van der Waals surface area contributed by atoms with Crippen molar-refractivity contribution >= 4 is 17.1 Å². The average molecular weight is 293 g/mol. The van der Waals surface area contributed by atoms with Crippen LogP contribution in [0, 0.1) is 0 Å². The van der Waals surface area contributed by atoms with Gasteiger partial charge in [-0.1, -0.05) is 6.92 Å². The van der Waals surface area contributed by atoms with E-state index in [0.29, 0.717) is 36.9 Å². The Hall–Kier alpha value is -2.09. The van der Waals surface area contributed by atoms with Crippen LogP contribution in [-0.2, 0) is 18.3 Å². The van der Waals surface area contributed by atoms with Crippen LogP contribution in [-0.4, -0.2) is 45.4 Å². The molecule has 0 atom stereocenters. The Bertz CT molecular complexity index is 766. The predicted octanol–water partition coefficient (Wildman–Crippen LogP) is -0.330. The second kappa shape index (κ2) is 5.36. The van der Waals surface area contributed by atoms with Gasteiger partial charge in [0.1, 0.15) is 0 Å². The molecule has 0 bridgehead atoms. The Morgan fingerprint density at radius 1 is 1.29 bits per heavy atom. The van der Waals surface area contributed by atoms with Gasteiger partial charge in [0.05, 0.1) is 13.2 Å². The standard InChI is InChI=1S/C13H19N5O3/c1-3-4-18-11(19)9-10(16(2)13(18)20)15-12(14-9)17-5-7-21-8-6-17/h3-8H2,1-2H3,(H,14,15). The molecule has 1 fully saturated rings. The van der Waals surface area contributed by atoms with E-state index in [-0.39, 0.29) is 11.2 Å². The summed E-state index contributed by atoms with van der Waals surface area (Å²) >= 11 is 0. The summed E-state index contributed by atoms with van der Waals surface area (Å²) in [7, 11) is 1.64. The number of ether oxygens (including phenoxy) is 1. The number of H-pyrrole nitrogens is 1. The first-order valence-electron chi connectivity index (χ1n) is 7.15. The molecule has 0 aromatic carbocycles. The highest BCUT2D eigenvalue weighted by Gasteiger charge is 2.19. The third-order valence-corrected chi connectivity index (χ3v) is 3.72. The fourth-order valence-electron chi connectivity index (χ4n) is 2.58. The van der Waals surface area contributed by atoms with Gasteiger partial charge in [0.15, 0.2) is 11.2 Å². The van der Waals surface area contributed by atoms with E-state index < -0.39 is 0 Å². The van der Waals surface area contributed by atoms with Crippen molar-refractivity contribution < 1.29 is 4.74 Å². The summed E-state index contributed by atoms with van der Waals surface area (Å²) in [6, 6.07) is 0. The minimum absolute atomic E-state index is 0.304. The number of rotatable bonds is 3. The van der Waals surface area contributed by atoms with Crippen LogP contribution in [0.2, 0.25) is 0 Å². The van der Waals surface area contributed by atoms with E-state index in [2.05, 4.69) is 9.97 Å². The fourth-order valence-corrected chi connectivity index (χ4v) is 2.58. The Labute approximate surface area is 121 Å². The highest BCUT2D eigenvalue weighted by Crippen LogP contribution is 2.14. The summed E-state index contributed by atoms with van der Waals surface area (Å²) in [6.07, 6.45) is 0.727. The van der Waals surface area contributed by atoms with E-state index >= 15 is 0 Å². The molecule has 2 aromatic rings. The van der Waals surface area contributed by atoms with E-state index in [1.807, 2.05) is 11.8 Å². The monoisotopic (exact) mass is 293 g/mol. The number of anilines is 1. The third kappa shape index (κ3) is 2.25. The SMILES string of the molecule is CCCn1c(=O)c2[nH]c(N3CCOCC3)nc2n(C)c1=O. The molecule has 2 aromatic heterocycles. The number of hydrogen-bond acceptors (Lipinski definition) is 5. The molecule has 0 spiro atoms. The molecule has 0 unspecified atom stereocenters. The third-order valence-electron chi connectivity index (χ3n) is 3.72. The fraction of sp³-hybridized carbons (Fsp3) is 0.615. The molecule has 1 N–H and O–H groups in total. The molecule has 0 aliphatic carbocycles. The van der Waals surface area contributed by atoms with Crippen molar-refractivity contribution in [3.8, 4) is 0 Å². The summed E-state index contributed by atoms with van der Waals surface area (Å²) in [5, 5.41) is 0. The highest BCUT2D eigenvalue weighted by molar-refractivity contribution is 5.73. The summed E-state index contributed by atoms with van der Waals surface area (Å²) in [5.74, 6) is 0.620. The first-order valence-corrected chi connectivity index (χ1v) is 7.15. The van der Waals surface area contributed by atoms with Gasteiger partial charge in [-0.05, 0) is 6.42 Å². The molecule has 114 valence electrons. The second-order valence-electron chi connectivity index (χ2n) is 5.16. The zero-order valence-electron chi connectivity index (χ0n) is 12.3. The van der Waals surface area contributed by atoms with Gasteiger partial charge in [0.2, 0.25) is 5.95 Å². The van der Waals surface area contributed by atoms with E-state index in [1.165, 1.54) is 9.13 Å². The van der Waals surface area contributed by atoms with E-state index in [9.17, 15) is 9.59 Å². The van der Waals surface area contributed by atoms with Gasteiger partial charge in [-0.2, -0.15) is 4.98 Å². The molecule has 0 radical (unpaired) electrons. The van der Waals surface area contributed by atoms with Crippen molar-refractivity contribution in [1.29, 1.82) is 0 Å². The van der Waals surface area contributed by atoms with Crippen molar-refractivity contribution in [2.24, 2.45) is 7.05 Å². The number of nitrogens with one attached hydrogen (secondary N) is 1. The molecule has 1 aliphatic rings. The molecule has 0 amide bonds. The summed E-state index contributed by atoms with van der Waals surface area (Å²) in [5.41, 5.74) is 0.155. The van der Waals surface area contributed by atoms with E-state index in [1.54, 1.807) is 7.05 Å². The van der Waals surface area contributed by atoms with Crippen LogP contribution in [0.4, 0.5) is 5.95 Å².